The topological polar surface area (TPSA) is 0 Å². The van der Waals surface area contributed by atoms with E-state index in [0.29, 0.717) is 5.71 Å². The third-order valence-electron chi connectivity index (χ3n) is 1.58. The Kier molecular flexibility index (Phi) is 5.40. The van der Waals surface area contributed by atoms with Crippen molar-refractivity contribution in [1.82, 2.24) is 0 Å². The van der Waals surface area contributed by atoms with Crippen molar-refractivity contribution in [2.45, 2.75) is 58.9 Å². The fraction of sp³-hybridized carbons (Fsp3) is 1.00. The molecule has 0 aromatic heterocycles. The molecule has 0 aromatic carbocycles. The Hall–Kier alpha value is 1.60. The molecule has 0 amide bonds. The number of hydrogen-bond acceptors (Lipinski definition) is 0. The van der Waals surface area contributed by atoms with Gasteiger partial charge in [0.15, 0.2) is 0 Å². The van der Waals surface area contributed by atoms with E-state index in [1.165, 1.54) is 0 Å². The van der Waals surface area contributed by atoms with Crippen LogP contribution in [0.2, 0.25) is 58.9 Å². The third kappa shape index (κ3) is 6.24. The average molecular weight is 330 g/mol. The van der Waals surface area contributed by atoms with Gasteiger partial charge in [0.25, 0.3) is 0 Å². The zero-order chi connectivity index (χ0) is 11.8. The second-order valence-electron chi connectivity index (χ2n) is 6.84. The first-order chi connectivity index (χ1) is 5.84. The molecule has 0 aliphatic rings. The van der Waals surface area contributed by atoms with Crippen molar-refractivity contribution in [2.24, 2.45) is 0 Å². The molecule has 0 spiro atoms. The summed E-state index contributed by atoms with van der Waals surface area (Å²) in [5.74, 6) is 0. The van der Waals surface area contributed by atoms with E-state index in [1.54, 1.807) is 0 Å². The van der Waals surface area contributed by atoms with E-state index in [-0.39, 0.29) is 0 Å². The summed E-state index contributed by atoms with van der Waals surface area (Å²) in [5, 5.41) is 0. The van der Waals surface area contributed by atoms with E-state index in [0.717, 1.165) is 13.9 Å². The summed E-state index contributed by atoms with van der Waals surface area (Å²) in [4.78, 5) is 0. The Labute approximate surface area is 100 Å². The summed E-state index contributed by atoms with van der Waals surface area (Å²) in [5.41, 5.74) is 0.471. The molecule has 0 atom stereocenters. The van der Waals surface area contributed by atoms with Gasteiger partial charge in [0.05, 0.1) is 0 Å². The van der Waals surface area contributed by atoms with Gasteiger partial charge in [-0.1, -0.05) is 0 Å². The summed E-state index contributed by atoms with van der Waals surface area (Å²) < 4.78 is 0. The maximum absolute atomic E-state index is 2.61. The Bertz CT molecular complexity index is 174. The third-order valence-corrected chi connectivity index (χ3v) is 69.3. The van der Waals surface area contributed by atoms with Crippen molar-refractivity contribution in [3.63, 3.8) is 0 Å². The standard InChI is InChI=1S/C9H27PSeSi3/c1-12(2,3)10(13(4,5)6)11-14(7,8)9/h1-9H3. The molecule has 0 fully saturated rings. The fourth-order valence-corrected chi connectivity index (χ4v) is 104. The molecule has 0 rings (SSSR count). The summed E-state index contributed by atoms with van der Waals surface area (Å²) in [6.45, 7) is 22.6. The molecule has 0 bridgehead atoms. The van der Waals surface area contributed by atoms with Gasteiger partial charge < -0.3 is 0 Å². The zero-order valence-corrected chi connectivity index (χ0v) is 17.0. The Balaban J connectivity index is 4.78. The molecule has 0 nitrogen and oxygen atoms in total. The van der Waals surface area contributed by atoms with Gasteiger partial charge in [-0.05, 0) is 0 Å². The van der Waals surface area contributed by atoms with Gasteiger partial charge in [-0.25, -0.2) is 0 Å². The van der Waals surface area contributed by atoms with Crippen LogP contribution in [0.25, 0.3) is 0 Å². The monoisotopic (exact) mass is 330 g/mol. The minimum atomic E-state index is -0.843. The summed E-state index contributed by atoms with van der Waals surface area (Å²) in [6.07, 6.45) is 0. The van der Waals surface area contributed by atoms with Crippen molar-refractivity contribution in [3.8, 4) is 0 Å². The van der Waals surface area contributed by atoms with E-state index >= 15 is 0 Å². The molecule has 0 saturated heterocycles. The molecule has 0 aliphatic heterocycles. The number of hydrogen-bond donors (Lipinski definition) is 0. The molecule has 0 N–H and O–H groups in total. The molecule has 0 unspecified atom stereocenters. The van der Waals surface area contributed by atoms with Gasteiger partial charge in [-0.2, -0.15) is 0 Å². The van der Waals surface area contributed by atoms with Crippen molar-refractivity contribution in [1.29, 1.82) is 0 Å². The summed E-state index contributed by atoms with van der Waals surface area (Å²) in [7, 11) is -1.69. The molecule has 86 valence electrons. The van der Waals surface area contributed by atoms with Crippen LogP contribution in [0.4, 0.5) is 0 Å². The first-order valence-electron chi connectivity index (χ1n) is 5.33. The van der Waals surface area contributed by atoms with E-state index in [9.17, 15) is 0 Å². The predicted octanol–water partition coefficient (Wildman–Crippen LogP) is 4.59. The molecule has 0 heterocycles. The molecular formula is C9H27PSeSi3. The predicted molar refractivity (Wildman–Crippen MR) is 82.7 cm³/mol. The van der Waals surface area contributed by atoms with Gasteiger partial charge in [0, 0.05) is 0 Å². The van der Waals surface area contributed by atoms with Crippen LogP contribution < -0.4 is 0 Å². The average Bonchev–Trinajstić information content (AvgIpc) is 1.75. The summed E-state index contributed by atoms with van der Waals surface area (Å²) in [6, 6.07) is 0. The Morgan fingerprint density at radius 3 is 1.00 bits per heavy atom. The Morgan fingerprint density at radius 2 is 0.929 bits per heavy atom. The van der Waals surface area contributed by atoms with Crippen LogP contribution in [0.1, 0.15) is 0 Å². The molecule has 14 heavy (non-hydrogen) atoms. The van der Waals surface area contributed by atoms with E-state index in [1.807, 2.05) is 0 Å². The molecular weight excluding hydrogens is 302 g/mol. The molecule has 0 aliphatic carbocycles. The van der Waals surface area contributed by atoms with Crippen LogP contribution >= 0.6 is 5.71 Å². The second kappa shape index (κ2) is 4.85. The van der Waals surface area contributed by atoms with Crippen LogP contribution in [0.3, 0.4) is 0 Å². The van der Waals surface area contributed by atoms with E-state index < -0.39 is 22.2 Å². The van der Waals surface area contributed by atoms with Crippen molar-refractivity contribution < 1.29 is 0 Å². The van der Waals surface area contributed by atoms with Crippen LogP contribution in [-0.2, 0) is 0 Å². The summed E-state index contributed by atoms with van der Waals surface area (Å²) >= 11 is 1.03. The van der Waals surface area contributed by atoms with Crippen molar-refractivity contribution >= 4 is 41.7 Å². The van der Waals surface area contributed by atoms with E-state index in [4.69, 9.17) is 0 Å². The van der Waals surface area contributed by atoms with Gasteiger partial charge in [0.1, 0.15) is 0 Å². The van der Waals surface area contributed by atoms with Gasteiger partial charge >= 0.3 is 101 Å². The maximum atomic E-state index is 2.61. The quantitative estimate of drug-likeness (QED) is 0.523. The van der Waals surface area contributed by atoms with E-state index in [2.05, 4.69) is 58.9 Å². The first-order valence-corrected chi connectivity index (χ1v) is 23.6. The molecule has 5 heteroatoms. The first kappa shape index (κ1) is 15.6. The fourth-order valence-electron chi connectivity index (χ4n) is 1.55. The normalized spacial score (nSPS) is 15.0. The van der Waals surface area contributed by atoms with Crippen LogP contribution in [0.15, 0.2) is 0 Å². The SMILES string of the molecule is C[Si](C)(C)[Se]P([Si](C)(C)C)[Si](C)(C)C. The van der Waals surface area contributed by atoms with Crippen LogP contribution in [-0.4, -0.2) is 36.0 Å². The van der Waals surface area contributed by atoms with Crippen LogP contribution in [0.5, 0.6) is 0 Å². The van der Waals surface area contributed by atoms with Crippen LogP contribution in [0, 0.1) is 0 Å². The van der Waals surface area contributed by atoms with Crippen molar-refractivity contribution in [3.05, 3.63) is 0 Å². The second-order valence-corrected chi connectivity index (χ2v) is 50.9. The molecule has 0 aromatic rings. The van der Waals surface area contributed by atoms with Gasteiger partial charge in [0.2, 0.25) is 0 Å². The van der Waals surface area contributed by atoms with Gasteiger partial charge in [-0.3, -0.25) is 0 Å². The zero-order valence-electron chi connectivity index (χ0n) is 11.4. The minimum absolute atomic E-state index is 0.471. The number of rotatable bonds is 4. The molecule has 0 radical (unpaired) electrons. The Morgan fingerprint density at radius 1 is 0.643 bits per heavy atom. The van der Waals surface area contributed by atoms with Gasteiger partial charge in [-0.15, -0.1) is 0 Å². The molecule has 0 saturated carbocycles. The van der Waals surface area contributed by atoms with Crippen molar-refractivity contribution in [2.75, 3.05) is 0 Å².